The summed E-state index contributed by atoms with van der Waals surface area (Å²) < 4.78 is 2.43. The average molecular weight is 857 g/mol. The molecule has 0 N–H and O–H groups in total. The highest BCUT2D eigenvalue weighted by Crippen LogP contribution is 2.45. The van der Waals surface area contributed by atoms with Crippen LogP contribution >= 0.6 is 0 Å². The van der Waals surface area contributed by atoms with E-state index in [1.807, 2.05) is 0 Å². The second-order valence-corrected chi connectivity index (χ2v) is 17.7. The standard InChI is InChI=1S/C65H48N2/c1-45-42-55(39-41-56(45)49-34-36-50(37-35-49)58-30-16-23-47-22-11-12-28-57(47)58)66(62-32-14-13-29-59(62)48-20-7-3-8-21-48)54-27-15-24-52(43-54)60-31-17-33-63-65(60)61-40-38-51(46-18-5-2-6-19-46)44-64(61)67(63)53-25-9-4-10-26-53/h2-45,56H,1H3. The van der Waals surface area contributed by atoms with Crippen LogP contribution in [0.2, 0.25) is 0 Å². The largest absolute Gasteiger partial charge is 0.310 e. The van der Waals surface area contributed by atoms with Crippen LogP contribution < -0.4 is 4.90 Å². The predicted octanol–water partition coefficient (Wildman–Crippen LogP) is 17.6. The first kappa shape index (κ1) is 40.1. The molecule has 2 heteroatoms. The van der Waals surface area contributed by atoms with Gasteiger partial charge in [-0.1, -0.05) is 219 Å². The SMILES string of the molecule is CC1C=C(N(c2cccc(-c3cccc4c3c3ccc(-c5ccccc5)cc3n4-c3ccccc3)c2)c2ccccc2-c2ccccc2)C=CC1c1ccc(-c2cccc3ccccc23)cc1. The first-order chi connectivity index (χ1) is 33.2. The van der Waals surface area contributed by atoms with Crippen LogP contribution in [0.5, 0.6) is 0 Å². The van der Waals surface area contributed by atoms with Gasteiger partial charge in [0.2, 0.25) is 0 Å². The fourth-order valence-electron chi connectivity index (χ4n) is 10.5. The molecule has 2 unspecified atom stereocenters. The third-order valence-electron chi connectivity index (χ3n) is 13.7. The highest BCUT2D eigenvalue weighted by atomic mass is 15.1. The molecule has 11 aromatic rings. The van der Waals surface area contributed by atoms with E-state index in [0.717, 1.165) is 22.8 Å². The van der Waals surface area contributed by atoms with Gasteiger partial charge in [-0.05, 0) is 110 Å². The molecule has 67 heavy (non-hydrogen) atoms. The Kier molecular flexibility index (Phi) is 10.3. The highest BCUT2D eigenvalue weighted by Gasteiger charge is 2.25. The molecule has 0 aliphatic heterocycles. The van der Waals surface area contributed by atoms with Gasteiger partial charge in [0.25, 0.3) is 0 Å². The zero-order chi connectivity index (χ0) is 44.7. The molecule has 0 radical (unpaired) electrons. The van der Waals surface area contributed by atoms with Crippen molar-refractivity contribution in [2.45, 2.75) is 12.8 Å². The van der Waals surface area contributed by atoms with Crippen molar-refractivity contribution >= 4 is 44.0 Å². The summed E-state index contributed by atoms with van der Waals surface area (Å²) in [4.78, 5) is 2.47. The monoisotopic (exact) mass is 856 g/mol. The van der Waals surface area contributed by atoms with Crippen molar-refractivity contribution in [3.05, 3.63) is 272 Å². The molecule has 1 heterocycles. The maximum atomic E-state index is 2.47. The molecule has 2 nitrogen and oxygen atoms in total. The van der Waals surface area contributed by atoms with E-state index >= 15 is 0 Å². The number of anilines is 2. The Labute approximate surface area is 392 Å². The summed E-state index contributed by atoms with van der Waals surface area (Å²) in [7, 11) is 0. The van der Waals surface area contributed by atoms with E-state index in [4.69, 9.17) is 0 Å². The quantitative estimate of drug-likeness (QED) is 0.140. The Morgan fingerprint density at radius 2 is 1.03 bits per heavy atom. The fourth-order valence-corrected chi connectivity index (χ4v) is 10.5. The summed E-state index contributed by atoms with van der Waals surface area (Å²) in [6.45, 7) is 2.36. The molecule has 0 saturated carbocycles. The van der Waals surface area contributed by atoms with Crippen molar-refractivity contribution in [2.24, 2.45) is 5.92 Å². The normalized spacial score (nSPS) is 14.7. The Morgan fingerprint density at radius 3 is 1.84 bits per heavy atom. The van der Waals surface area contributed by atoms with Gasteiger partial charge in [0.15, 0.2) is 0 Å². The molecule has 2 atom stereocenters. The second kappa shape index (κ2) is 17.2. The summed E-state index contributed by atoms with van der Waals surface area (Å²) in [5.74, 6) is 0.487. The Balaban J connectivity index is 0.970. The maximum absolute atomic E-state index is 2.47. The minimum absolute atomic E-state index is 0.241. The first-order valence-electron chi connectivity index (χ1n) is 23.4. The van der Waals surface area contributed by atoms with E-state index in [2.05, 4.69) is 277 Å². The summed E-state index contributed by atoms with van der Waals surface area (Å²) in [5.41, 5.74) is 17.9. The lowest BCUT2D eigenvalue weighted by atomic mass is 9.82. The molecule has 12 rings (SSSR count). The number of aromatic nitrogens is 1. The number of hydrogen-bond acceptors (Lipinski definition) is 1. The van der Waals surface area contributed by atoms with Crippen LogP contribution in [0.1, 0.15) is 18.4 Å². The molecule has 318 valence electrons. The lowest BCUT2D eigenvalue weighted by Crippen LogP contribution is -2.20. The van der Waals surface area contributed by atoms with Crippen molar-refractivity contribution in [1.29, 1.82) is 0 Å². The molecule has 0 spiro atoms. The molecular weight excluding hydrogens is 809 g/mol. The van der Waals surface area contributed by atoms with Crippen molar-refractivity contribution in [3.8, 4) is 50.2 Å². The number of rotatable bonds is 9. The van der Waals surface area contributed by atoms with Crippen LogP contribution in [0.3, 0.4) is 0 Å². The Morgan fingerprint density at radius 1 is 0.418 bits per heavy atom. The molecule has 10 aromatic carbocycles. The van der Waals surface area contributed by atoms with Gasteiger partial charge in [0.1, 0.15) is 0 Å². The predicted molar refractivity (Wildman–Crippen MR) is 284 cm³/mol. The van der Waals surface area contributed by atoms with Gasteiger partial charge >= 0.3 is 0 Å². The molecule has 1 aliphatic rings. The van der Waals surface area contributed by atoms with Gasteiger partial charge in [-0.2, -0.15) is 0 Å². The van der Waals surface area contributed by atoms with Gasteiger partial charge < -0.3 is 9.47 Å². The molecular formula is C65H48N2. The van der Waals surface area contributed by atoms with Crippen LogP contribution in [-0.4, -0.2) is 4.57 Å². The van der Waals surface area contributed by atoms with Gasteiger partial charge in [-0.25, -0.2) is 0 Å². The second-order valence-electron chi connectivity index (χ2n) is 17.7. The fraction of sp³-hybridized carbons (Fsp3) is 0.0462. The number of nitrogens with zero attached hydrogens (tertiary/aromatic N) is 2. The number of allylic oxidation sites excluding steroid dienone is 3. The molecule has 0 amide bonds. The Bertz CT molecular complexity index is 3630. The maximum Gasteiger partial charge on any atom is 0.0547 e. The average Bonchev–Trinajstić information content (AvgIpc) is 3.74. The van der Waals surface area contributed by atoms with E-state index in [0.29, 0.717) is 0 Å². The molecule has 0 fully saturated rings. The topological polar surface area (TPSA) is 8.17 Å². The van der Waals surface area contributed by atoms with E-state index < -0.39 is 0 Å². The third kappa shape index (κ3) is 7.34. The number of fused-ring (bicyclic) bond motifs is 4. The van der Waals surface area contributed by atoms with Crippen molar-refractivity contribution in [3.63, 3.8) is 0 Å². The van der Waals surface area contributed by atoms with Crippen molar-refractivity contribution < 1.29 is 0 Å². The van der Waals surface area contributed by atoms with Gasteiger partial charge in [-0.15, -0.1) is 0 Å². The van der Waals surface area contributed by atoms with Crippen LogP contribution in [0.15, 0.2) is 267 Å². The summed E-state index contributed by atoms with van der Waals surface area (Å²) in [6.07, 6.45) is 7.23. The zero-order valence-electron chi connectivity index (χ0n) is 37.4. The van der Waals surface area contributed by atoms with E-state index in [1.54, 1.807) is 0 Å². The van der Waals surface area contributed by atoms with Crippen LogP contribution in [0.4, 0.5) is 11.4 Å². The van der Waals surface area contributed by atoms with Crippen LogP contribution in [0, 0.1) is 5.92 Å². The van der Waals surface area contributed by atoms with Gasteiger partial charge in [0, 0.05) is 39.3 Å². The number of benzene rings is 10. The molecule has 1 aromatic heterocycles. The van der Waals surface area contributed by atoms with Crippen LogP contribution in [0.25, 0.3) is 82.8 Å². The van der Waals surface area contributed by atoms with Gasteiger partial charge in [-0.3, -0.25) is 0 Å². The Hall–Kier alpha value is -8.46. The molecule has 0 saturated heterocycles. The van der Waals surface area contributed by atoms with Crippen LogP contribution in [-0.2, 0) is 0 Å². The van der Waals surface area contributed by atoms with Crippen molar-refractivity contribution in [2.75, 3.05) is 4.90 Å². The minimum Gasteiger partial charge on any atom is -0.310 e. The zero-order valence-corrected chi connectivity index (χ0v) is 37.4. The molecule has 1 aliphatic carbocycles. The highest BCUT2D eigenvalue weighted by molar-refractivity contribution is 6.16. The smallest absolute Gasteiger partial charge is 0.0547 e. The molecule has 0 bridgehead atoms. The van der Waals surface area contributed by atoms with E-state index in [-0.39, 0.29) is 11.8 Å². The number of para-hydroxylation sites is 2. The number of hydrogen-bond donors (Lipinski definition) is 0. The lowest BCUT2D eigenvalue weighted by Gasteiger charge is -2.33. The summed E-state index contributed by atoms with van der Waals surface area (Å²) >= 11 is 0. The van der Waals surface area contributed by atoms with E-state index in [1.165, 1.54) is 82.6 Å². The summed E-state index contributed by atoms with van der Waals surface area (Å²) in [5, 5.41) is 5.02. The minimum atomic E-state index is 0.241. The third-order valence-corrected chi connectivity index (χ3v) is 13.7. The first-order valence-corrected chi connectivity index (χ1v) is 23.4. The summed E-state index contributed by atoms with van der Waals surface area (Å²) in [6, 6.07) is 88.4. The lowest BCUT2D eigenvalue weighted by molar-refractivity contribution is 0.628. The van der Waals surface area contributed by atoms with Gasteiger partial charge in [0.05, 0.1) is 16.7 Å². The van der Waals surface area contributed by atoms with Crippen molar-refractivity contribution in [1.82, 2.24) is 4.57 Å². The van der Waals surface area contributed by atoms with E-state index in [9.17, 15) is 0 Å².